The molecule has 1 heterocycles. The van der Waals surface area contributed by atoms with Crippen LogP contribution in [-0.2, 0) is 0 Å². The second-order valence-corrected chi connectivity index (χ2v) is 8.69. The predicted molar refractivity (Wildman–Crippen MR) is 124 cm³/mol. The number of anilines is 1. The molecule has 0 aliphatic carbocycles. The van der Waals surface area contributed by atoms with Gasteiger partial charge in [0.25, 0.3) is 5.91 Å². The zero-order valence-electron chi connectivity index (χ0n) is 18.4. The molecule has 0 aliphatic heterocycles. The molecule has 0 spiro atoms. The van der Waals surface area contributed by atoms with E-state index in [9.17, 15) is 4.79 Å². The van der Waals surface area contributed by atoms with E-state index in [0.29, 0.717) is 6.54 Å². The van der Waals surface area contributed by atoms with Crippen LogP contribution in [0.15, 0.2) is 30.3 Å². The summed E-state index contributed by atoms with van der Waals surface area (Å²) in [6, 6.07) is 10.2. The van der Waals surface area contributed by atoms with E-state index in [1.807, 2.05) is 23.1 Å². The van der Waals surface area contributed by atoms with Crippen molar-refractivity contribution in [3.63, 3.8) is 0 Å². The van der Waals surface area contributed by atoms with Gasteiger partial charge < -0.3 is 4.90 Å². The van der Waals surface area contributed by atoms with E-state index in [4.69, 9.17) is 4.98 Å². The lowest BCUT2D eigenvalue weighted by molar-refractivity contribution is 0.0983. The summed E-state index contributed by atoms with van der Waals surface area (Å²) in [5.74, 6) is 0.0219. The van der Waals surface area contributed by atoms with Crippen molar-refractivity contribution in [2.45, 2.75) is 41.5 Å². The number of aryl methyl sites for hydroxylation is 4. The molecule has 0 saturated heterocycles. The van der Waals surface area contributed by atoms with Crippen LogP contribution in [0.1, 0.15) is 46.5 Å². The van der Waals surface area contributed by atoms with E-state index < -0.39 is 0 Å². The lowest BCUT2D eigenvalue weighted by Crippen LogP contribution is -2.38. The zero-order chi connectivity index (χ0) is 21.1. The van der Waals surface area contributed by atoms with Gasteiger partial charge in [0.1, 0.15) is 0 Å². The van der Waals surface area contributed by atoms with Crippen LogP contribution in [0.2, 0.25) is 0 Å². The lowest BCUT2D eigenvalue weighted by atomic mass is 10.1. The molecule has 1 aromatic heterocycles. The van der Waals surface area contributed by atoms with Crippen molar-refractivity contribution < 1.29 is 4.79 Å². The first-order valence-electron chi connectivity index (χ1n) is 10.3. The SMILES string of the molecule is CCN(CC)CCN(C(=O)c1ccc(C)c(C)c1)c1nc2cc(C)cc(C)c2s1. The lowest BCUT2D eigenvalue weighted by Gasteiger charge is -2.25. The molecule has 0 aliphatic rings. The summed E-state index contributed by atoms with van der Waals surface area (Å²) in [7, 11) is 0. The molecule has 3 aromatic rings. The number of thiazole rings is 1. The third kappa shape index (κ3) is 4.68. The molecule has 4 nitrogen and oxygen atoms in total. The van der Waals surface area contributed by atoms with Crippen LogP contribution in [0.4, 0.5) is 5.13 Å². The van der Waals surface area contributed by atoms with Crippen molar-refractivity contribution in [1.29, 1.82) is 0 Å². The summed E-state index contributed by atoms with van der Waals surface area (Å²) < 4.78 is 1.16. The van der Waals surface area contributed by atoms with Gasteiger partial charge in [-0.1, -0.05) is 37.3 Å². The Labute approximate surface area is 178 Å². The van der Waals surface area contributed by atoms with Gasteiger partial charge in [-0.25, -0.2) is 4.98 Å². The zero-order valence-corrected chi connectivity index (χ0v) is 19.2. The summed E-state index contributed by atoms with van der Waals surface area (Å²) in [5.41, 5.74) is 6.44. The molecular formula is C24H31N3OS. The van der Waals surface area contributed by atoms with Gasteiger partial charge in [0.2, 0.25) is 0 Å². The number of likely N-dealkylation sites (N-methyl/N-ethyl adjacent to an activating group) is 1. The first-order chi connectivity index (χ1) is 13.8. The number of benzene rings is 2. The number of aromatic nitrogens is 1. The largest absolute Gasteiger partial charge is 0.302 e. The summed E-state index contributed by atoms with van der Waals surface area (Å²) in [5, 5.41) is 0.782. The molecule has 0 N–H and O–H groups in total. The van der Waals surface area contributed by atoms with Gasteiger partial charge in [-0.3, -0.25) is 9.69 Å². The summed E-state index contributed by atoms with van der Waals surface area (Å²) in [6.07, 6.45) is 0. The molecule has 0 atom stereocenters. The maximum Gasteiger partial charge on any atom is 0.260 e. The predicted octanol–water partition coefficient (Wildman–Crippen LogP) is 5.52. The molecule has 2 aromatic carbocycles. The third-order valence-corrected chi connectivity index (χ3v) is 6.80. The monoisotopic (exact) mass is 409 g/mol. The Morgan fingerprint density at radius 3 is 2.31 bits per heavy atom. The average Bonchev–Trinajstić information content (AvgIpc) is 3.11. The van der Waals surface area contributed by atoms with Crippen LogP contribution >= 0.6 is 11.3 Å². The van der Waals surface area contributed by atoms with E-state index in [-0.39, 0.29) is 5.91 Å². The highest BCUT2D eigenvalue weighted by Gasteiger charge is 2.22. The van der Waals surface area contributed by atoms with Crippen molar-refractivity contribution >= 4 is 32.6 Å². The highest BCUT2D eigenvalue weighted by molar-refractivity contribution is 7.22. The number of carbonyl (C=O) groups excluding carboxylic acids is 1. The Balaban J connectivity index is 2.01. The Morgan fingerprint density at radius 2 is 1.66 bits per heavy atom. The molecular weight excluding hydrogens is 378 g/mol. The van der Waals surface area contributed by atoms with E-state index in [1.165, 1.54) is 16.7 Å². The van der Waals surface area contributed by atoms with Gasteiger partial charge >= 0.3 is 0 Å². The number of fused-ring (bicyclic) bond motifs is 1. The fourth-order valence-electron chi connectivity index (χ4n) is 3.58. The molecule has 154 valence electrons. The molecule has 0 bridgehead atoms. The number of nitrogens with zero attached hydrogens (tertiary/aromatic N) is 3. The standard InChI is InChI=1S/C24H31N3OS/c1-7-26(8-2)11-12-27(23(28)20-10-9-17(4)18(5)15-20)24-25-21-14-16(3)13-19(6)22(21)29-24/h9-10,13-15H,7-8,11-12H2,1-6H3. The molecule has 29 heavy (non-hydrogen) atoms. The van der Waals surface area contributed by atoms with Crippen LogP contribution in [0.25, 0.3) is 10.2 Å². The molecule has 0 radical (unpaired) electrons. The topological polar surface area (TPSA) is 36.4 Å². The van der Waals surface area contributed by atoms with Gasteiger partial charge in [0.05, 0.1) is 10.2 Å². The fourth-order valence-corrected chi connectivity index (χ4v) is 4.62. The van der Waals surface area contributed by atoms with Gasteiger partial charge in [-0.2, -0.15) is 0 Å². The van der Waals surface area contributed by atoms with Crippen LogP contribution < -0.4 is 4.90 Å². The summed E-state index contributed by atoms with van der Waals surface area (Å²) in [4.78, 5) is 22.6. The summed E-state index contributed by atoms with van der Waals surface area (Å²) >= 11 is 1.61. The molecule has 3 rings (SSSR count). The minimum Gasteiger partial charge on any atom is -0.302 e. The molecule has 0 fully saturated rings. The van der Waals surface area contributed by atoms with E-state index in [2.05, 4.69) is 58.6 Å². The number of hydrogen-bond acceptors (Lipinski definition) is 4. The van der Waals surface area contributed by atoms with Gasteiger partial charge in [-0.05, 0) is 81.2 Å². The highest BCUT2D eigenvalue weighted by Crippen LogP contribution is 2.33. The molecule has 5 heteroatoms. The summed E-state index contributed by atoms with van der Waals surface area (Å²) in [6.45, 7) is 16.0. The molecule has 1 amide bonds. The first-order valence-corrected chi connectivity index (χ1v) is 11.1. The fraction of sp³-hybridized carbons (Fsp3) is 0.417. The second-order valence-electron chi connectivity index (χ2n) is 7.71. The number of carbonyl (C=O) groups is 1. The minimum absolute atomic E-state index is 0.0219. The van der Waals surface area contributed by atoms with E-state index >= 15 is 0 Å². The van der Waals surface area contributed by atoms with Crippen LogP contribution in [0, 0.1) is 27.7 Å². The smallest absolute Gasteiger partial charge is 0.260 e. The van der Waals surface area contributed by atoms with E-state index in [1.54, 1.807) is 11.3 Å². The first kappa shape index (κ1) is 21.5. The van der Waals surface area contributed by atoms with Gasteiger partial charge in [0, 0.05) is 18.7 Å². The number of rotatable bonds is 7. The molecule has 0 unspecified atom stereocenters. The number of amides is 1. The Kier molecular flexibility index (Phi) is 6.70. The second kappa shape index (κ2) is 9.06. The Bertz CT molecular complexity index is 1020. The number of hydrogen-bond donors (Lipinski definition) is 0. The van der Waals surface area contributed by atoms with Crippen LogP contribution in [0.3, 0.4) is 0 Å². The maximum absolute atomic E-state index is 13.5. The minimum atomic E-state index is 0.0219. The van der Waals surface area contributed by atoms with Gasteiger partial charge in [0.15, 0.2) is 5.13 Å². The van der Waals surface area contributed by atoms with Crippen molar-refractivity contribution in [3.8, 4) is 0 Å². The Hall–Kier alpha value is -2.24. The Morgan fingerprint density at radius 1 is 0.931 bits per heavy atom. The van der Waals surface area contributed by atoms with Crippen LogP contribution in [0.5, 0.6) is 0 Å². The van der Waals surface area contributed by atoms with Gasteiger partial charge in [-0.15, -0.1) is 0 Å². The average molecular weight is 410 g/mol. The molecule has 0 saturated carbocycles. The van der Waals surface area contributed by atoms with Crippen LogP contribution in [-0.4, -0.2) is 42.0 Å². The van der Waals surface area contributed by atoms with Crippen molar-refractivity contribution in [1.82, 2.24) is 9.88 Å². The highest BCUT2D eigenvalue weighted by atomic mass is 32.1. The quantitative estimate of drug-likeness (QED) is 0.516. The van der Waals surface area contributed by atoms with Crippen molar-refractivity contribution in [3.05, 3.63) is 58.1 Å². The van der Waals surface area contributed by atoms with E-state index in [0.717, 1.165) is 46.1 Å². The van der Waals surface area contributed by atoms with Crippen molar-refractivity contribution in [2.24, 2.45) is 0 Å². The maximum atomic E-state index is 13.5. The third-order valence-electron chi connectivity index (χ3n) is 5.57. The normalized spacial score (nSPS) is 11.4. The van der Waals surface area contributed by atoms with Crippen molar-refractivity contribution in [2.75, 3.05) is 31.1 Å².